The molecule has 0 aliphatic rings. The molecule has 0 unspecified atom stereocenters. The highest BCUT2D eigenvalue weighted by atomic mass is 19.4. The van der Waals surface area contributed by atoms with Crippen molar-refractivity contribution in [3.8, 4) is 5.75 Å². The third-order valence-electron chi connectivity index (χ3n) is 2.64. The van der Waals surface area contributed by atoms with Gasteiger partial charge in [0.2, 0.25) is 0 Å². The van der Waals surface area contributed by atoms with Gasteiger partial charge in [0.25, 0.3) is 0 Å². The summed E-state index contributed by atoms with van der Waals surface area (Å²) >= 11 is 0. The maximum atomic E-state index is 12.6. The van der Waals surface area contributed by atoms with Gasteiger partial charge in [0.1, 0.15) is 5.75 Å². The van der Waals surface area contributed by atoms with Gasteiger partial charge in [0.15, 0.2) is 0 Å². The molecule has 0 aliphatic carbocycles. The Morgan fingerprint density at radius 2 is 1.81 bits per heavy atom. The van der Waals surface area contributed by atoms with E-state index in [4.69, 9.17) is 9.84 Å². The summed E-state index contributed by atoms with van der Waals surface area (Å²) in [6.45, 7) is -0.336. The van der Waals surface area contributed by atoms with Gasteiger partial charge in [-0.3, -0.25) is 9.59 Å². The van der Waals surface area contributed by atoms with Crippen molar-refractivity contribution in [1.82, 2.24) is 0 Å². The van der Waals surface area contributed by atoms with E-state index in [0.29, 0.717) is 10.6 Å². The molecule has 0 saturated heterocycles. The predicted octanol–water partition coefficient (Wildman–Crippen LogP) is 2.46. The van der Waals surface area contributed by atoms with Crippen LogP contribution in [0.2, 0.25) is 0 Å². The van der Waals surface area contributed by atoms with E-state index in [1.54, 1.807) is 0 Å². The molecule has 1 aromatic rings. The molecule has 0 bridgehead atoms. The molecule has 1 N–H and O–H groups in total. The van der Waals surface area contributed by atoms with Crippen molar-refractivity contribution < 1.29 is 32.6 Å². The van der Waals surface area contributed by atoms with Crippen LogP contribution < -0.4 is 9.64 Å². The van der Waals surface area contributed by atoms with Gasteiger partial charge >= 0.3 is 18.1 Å². The minimum Gasteiger partial charge on any atom is -0.497 e. The number of ether oxygens (including phenoxy) is 1. The van der Waals surface area contributed by atoms with Crippen molar-refractivity contribution in [2.75, 3.05) is 18.6 Å². The van der Waals surface area contributed by atoms with E-state index >= 15 is 0 Å². The second-order valence-corrected chi connectivity index (χ2v) is 4.15. The first kappa shape index (κ1) is 16.8. The van der Waals surface area contributed by atoms with Gasteiger partial charge in [-0.1, -0.05) is 0 Å². The lowest BCUT2D eigenvalue weighted by molar-refractivity contribution is -0.170. The van der Waals surface area contributed by atoms with Crippen molar-refractivity contribution in [1.29, 1.82) is 0 Å². The summed E-state index contributed by atoms with van der Waals surface area (Å²) in [5, 5.41) is 8.52. The fourth-order valence-corrected chi connectivity index (χ4v) is 1.65. The minimum absolute atomic E-state index is 0.0310. The number of carboxylic acids is 1. The Morgan fingerprint density at radius 1 is 1.24 bits per heavy atom. The van der Waals surface area contributed by atoms with Gasteiger partial charge in [0, 0.05) is 18.7 Å². The lowest BCUT2D eigenvalue weighted by Gasteiger charge is -2.23. The predicted molar refractivity (Wildman–Crippen MR) is 68.3 cm³/mol. The highest BCUT2D eigenvalue weighted by Crippen LogP contribution is 2.25. The number of halogens is 3. The van der Waals surface area contributed by atoms with E-state index in [0.717, 1.165) is 0 Å². The standard InChI is InChI=1S/C13H14F3NO4/c1-21-10-6-4-9(5-7-10)17(8-2-3-11(18)19)12(20)13(14,15)16/h4-7H,2-3,8H2,1H3,(H,18,19). The zero-order chi connectivity index (χ0) is 16.0. The van der Waals surface area contributed by atoms with Gasteiger partial charge < -0.3 is 14.7 Å². The number of aliphatic carboxylic acids is 1. The van der Waals surface area contributed by atoms with E-state index < -0.39 is 18.1 Å². The number of carbonyl (C=O) groups excluding carboxylic acids is 1. The normalized spacial score (nSPS) is 11.0. The summed E-state index contributed by atoms with van der Waals surface area (Å²) in [7, 11) is 1.40. The average Bonchev–Trinajstić information content (AvgIpc) is 2.42. The smallest absolute Gasteiger partial charge is 0.471 e. The second kappa shape index (κ2) is 6.96. The Bertz CT molecular complexity index is 499. The van der Waals surface area contributed by atoms with Gasteiger partial charge in [-0.15, -0.1) is 0 Å². The first-order valence-electron chi connectivity index (χ1n) is 6.00. The van der Waals surface area contributed by atoms with Crippen molar-refractivity contribution in [2.24, 2.45) is 0 Å². The van der Waals surface area contributed by atoms with Gasteiger partial charge in [0.05, 0.1) is 7.11 Å². The van der Waals surface area contributed by atoms with Crippen LogP contribution in [0.15, 0.2) is 24.3 Å². The summed E-state index contributed by atoms with van der Waals surface area (Å²) < 4.78 is 42.6. The quantitative estimate of drug-likeness (QED) is 0.876. The lowest BCUT2D eigenvalue weighted by atomic mass is 10.2. The van der Waals surface area contributed by atoms with Crippen molar-refractivity contribution >= 4 is 17.6 Å². The monoisotopic (exact) mass is 305 g/mol. The number of carboxylic acid groups (broad SMARTS) is 1. The molecule has 21 heavy (non-hydrogen) atoms. The zero-order valence-electron chi connectivity index (χ0n) is 11.2. The van der Waals surface area contributed by atoms with Crippen LogP contribution in [0.4, 0.5) is 18.9 Å². The fourth-order valence-electron chi connectivity index (χ4n) is 1.65. The molecule has 0 aromatic heterocycles. The number of hydrogen-bond donors (Lipinski definition) is 1. The van der Waals surface area contributed by atoms with E-state index in [9.17, 15) is 22.8 Å². The SMILES string of the molecule is COc1ccc(N(CCCC(=O)O)C(=O)C(F)(F)F)cc1. The Morgan fingerprint density at radius 3 is 2.24 bits per heavy atom. The highest BCUT2D eigenvalue weighted by Gasteiger charge is 2.42. The molecule has 0 spiro atoms. The first-order valence-corrected chi connectivity index (χ1v) is 6.00. The highest BCUT2D eigenvalue weighted by molar-refractivity contribution is 5.97. The number of carbonyl (C=O) groups is 2. The van der Waals surface area contributed by atoms with E-state index in [1.807, 2.05) is 0 Å². The Labute approximate surface area is 118 Å². The summed E-state index contributed by atoms with van der Waals surface area (Å²) in [6.07, 6.45) is -5.43. The first-order chi connectivity index (χ1) is 9.75. The molecule has 8 heteroatoms. The summed E-state index contributed by atoms with van der Waals surface area (Å²) in [5.74, 6) is -2.73. The van der Waals surface area contributed by atoms with Crippen molar-refractivity contribution in [3.05, 3.63) is 24.3 Å². The third-order valence-corrected chi connectivity index (χ3v) is 2.64. The summed E-state index contributed by atoms with van der Waals surface area (Å²) in [5.41, 5.74) is 0.0310. The minimum atomic E-state index is -5.02. The number of alkyl halides is 3. The average molecular weight is 305 g/mol. The number of methoxy groups -OCH3 is 1. The number of benzene rings is 1. The van der Waals surface area contributed by atoms with Gasteiger partial charge in [-0.25, -0.2) is 0 Å². The van der Waals surface area contributed by atoms with Crippen LogP contribution in [0, 0.1) is 0 Å². The summed E-state index contributed by atoms with van der Waals surface area (Å²) in [6, 6.07) is 5.46. The van der Waals surface area contributed by atoms with Gasteiger partial charge in [-0.2, -0.15) is 13.2 Å². The van der Waals surface area contributed by atoms with Crippen molar-refractivity contribution in [3.63, 3.8) is 0 Å². The van der Waals surface area contributed by atoms with E-state index in [2.05, 4.69) is 0 Å². The van der Waals surface area contributed by atoms with Crippen LogP contribution in [-0.2, 0) is 9.59 Å². The molecule has 1 aromatic carbocycles. The molecule has 0 heterocycles. The maximum Gasteiger partial charge on any atom is 0.471 e. The number of amides is 1. The molecule has 1 rings (SSSR count). The van der Waals surface area contributed by atoms with Crippen molar-refractivity contribution in [2.45, 2.75) is 19.0 Å². The largest absolute Gasteiger partial charge is 0.497 e. The molecule has 1 amide bonds. The van der Waals surface area contributed by atoms with Crippen LogP contribution in [-0.4, -0.2) is 36.8 Å². The molecule has 0 radical (unpaired) electrons. The Kier molecular flexibility index (Phi) is 5.57. The molecular formula is C13H14F3NO4. The lowest BCUT2D eigenvalue weighted by Crippen LogP contribution is -2.42. The van der Waals surface area contributed by atoms with Gasteiger partial charge in [-0.05, 0) is 30.7 Å². The Hall–Kier alpha value is -2.25. The zero-order valence-corrected chi connectivity index (χ0v) is 11.2. The second-order valence-electron chi connectivity index (χ2n) is 4.15. The summed E-state index contributed by atoms with van der Waals surface area (Å²) in [4.78, 5) is 22.4. The molecule has 5 nitrogen and oxygen atoms in total. The van der Waals surface area contributed by atoms with Crippen LogP contribution in [0.25, 0.3) is 0 Å². The fraction of sp³-hybridized carbons (Fsp3) is 0.385. The molecule has 0 fully saturated rings. The molecular weight excluding hydrogens is 291 g/mol. The molecule has 116 valence electrons. The molecule has 0 saturated carbocycles. The Balaban J connectivity index is 2.94. The van der Waals surface area contributed by atoms with Crippen LogP contribution >= 0.6 is 0 Å². The van der Waals surface area contributed by atoms with E-state index in [-0.39, 0.29) is 25.1 Å². The number of nitrogens with zero attached hydrogens (tertiary/aromatic N) is 1. The molecule has 0 aliphatic heterocycles. The van der Waals surface area contributed by atoms with Crippen LogP contribution in [0.1, 0.15) is 12.8 Å². The van der Waals surface area contributed by atoms with Crippen LogP contribution in [0.3, 0.4) is 0 Å². The van der Waals surface area contributed by atoms with E-state index in [1.165, 1.54) is 31.4 Å². The maximum absolute atomic E-state index is 12.6. The topological polar surface area (TPSA) is 66.8 Å². The number of hydrogen-bond acceptors (Lipinski definition) is 3. The third kappa shape index (κ3) is 4.97. The molecule has 0 atom stereocenters. The number of rotatable bonds is 6. The van der Waals surface area contributed by atoms with Crippen LogP contribution in [0.5, 0.6) is 5.75 Å². The number of anilines is 1.